The van der Waals surface area contributed by atoms with Gasteiger partial charge in [0.2, 0.25) is 0 Å². The zero-order chi connectivity index (χ0) is 20.5. The molecule has 29 heavy (non-hydrogen) atoms. The van der Waals surface area contributed by atoms with Crippen LogP contribution in [0, 0.1) is 20.2 Å². The van der Waals surface area contributed by atoms with Crippen molar-refractivity contribution < 1.29 is 19.1 Å². The van der Waals surface area contributed by atoms with Gasteiger partial charge in [-0.25, -0.2) is 4.98 Å². The van der Waals surface area contributed by atoms with E-state index in [-0.39, 0.29) is 33.6 Å². The number of fused-ring (bicyclic) bond motifs is 1. The van der Waals surface area contributed by atoms with E-state index in [1.807, 2.05) is 0 Å². The lowest BCUT2D eigenvalue weighted by molar-refractivity contribution is -0.384. The third-order valence-electron chi connectivity index (χ3n) is 4.00. The van der Waals surface area contributed by atoms with Crippen molar-refractivity contribution in [3.8, 4) is 11.3 Å². The highest BCUT2D eigenvalue weighted by Gasteiger charge is 2.20. The highest BCUT2D eigenvalue weighted by atomic mass is 32.1. The fourth-order valence-electron chi connectivity index (χ4n) is 2.68. The van der Waals surface area contributed by atoms with Gasteiger partial charge in [-0.2, -0.15) is 0 Å². The Hall–Kier alpha value is -4.12. The van der Waals surface area contributed by atoms with Crippen LogP contribution in [-0.2, 0) is 0 Å². The molecule has 144 valence electrons. The number of rotatable bonds is 5. The maximum atomic E-state index is 12.4. The monoisotopic (exact) mass is 410 g/mol. The van der Waals surface area contributed by atoms with Crippen molar-refractivity contribution in [3.05, 3.63) is 80.6 Å². The van der Waals surface area contributed by atoms with Crippen molar-refractivity contribution in [3.63, 3.8) is 0 Å². The summed E-state index contributed by atoms with van der Waals surface area (Å²) >= 11 is 1.08. The molecule has 11 heteroatoms. The van der Waals surface area contributed by atoms with Gasteiger partial charge in [0.1, 0.15) is 5.76 Å². The zero-order valence-electron chi connectivity index (χ0n) is 14.4. The minimum atomic E-state index is -0.594. The Labute approximate surface area is 165 Å². The number of hydrogen-bond acceptors (Lipinski definition) is 8. The molecule has 1 amide bonds. The molecule has 0 spiro atoms. The van der Waals surface area contributed by atoms with Crippen molar-refractivity contribution >= 4 is 44.0 Å². The van der Waals surface area contributed by atoms with E-state index in [9.17, 15) is 25.0 Å². The number of aromatic nitrogens is 1. The molecule has 10 nitrogen and oxygen atoms in total. The molecule has 0 unspecified atom stereocenters. The fourth-order valence-corrected chi connectivity index (χ4v) is 3.58. The number of para-hydroxylation sites is 1. The summed E-state index contributed by atoms with van der Waals surface area (Å²) < 4.78 is 6.04. The lowest BCUT2D eigenvalue weighted by atomic mass is 10.1. The number of nitrogens with one attached hydrogen (secondary N) is 1. The molecule has 4 aromatic rings. The summed E-state index contributed by atoms with van der Waals surface area (Å²) in [4.78, 5) is 37.7. The van der Waals surface area contributed by atoms with E-state index < -0.39 is 15.8 Å². The third kappa shape index (κ3) is 3.53. The predicted octanol–water partition coefficient (Wildman–Crippen LogP) is 4.63. The minimum absolute atomic E-state index is 0.0524. The predicted molar refractivity (Wildman–Crippen MR) is 105 cm³/mol. The van der Waals surface area contributed by atoms with E-state index in [1.54, 1.807) is 6.07 Å². The summed E-state index contributed by atoms with van der Waals surface area (Å²) in [5.74, 6) is -0.464. The van der Waals surface area contributed by atoms with Crippen LogP contribution in [0.3, 0.4) is 0 Å². The van der Waals surface area contributed by atoms with E-state index in [0.29, 0.717) is 10.2 Å². The molecule has 0 atom stereocenters. The molecule has 0 bridgehead atoms. The van der Waals surface area contributed by atoms with E-state index in [2.05, 4.69) is 10.3 Å². The molecular weight excluding hydrogens is 400 g/mol. The fraction of sp³-hybridized carbons (Fsp3) is 0. The van der Waals surface area contributed by atoms with Gasteiger partial charge < -0.3 is 4.42 Å². The number of thiazole rings is 1. The molecule has 0 aliphatic carbocycles. The minimum Gasteiger partial charge on any atom is -0.451 e. The Morgan fingerprint density at radius 2 is 1.83 bits per heavy atom. The highest BCUT2D eigenvalue weighted by molar-refractivity contribution is 7.22. The first-order chi connectivity index (χ1) is 13.9. The molecule has 0 aliphatic heterocycles. The smallest absolute Gasteiger partial charge is 0.293 e. The van der Waals surface area contributed by atoms with E-state index in [1.165, 1.54) is 48.5 Å². The van der Waals surface area contributed by atoms with E-state index >= 15 is 0 Å². The highest BCUT2D eigenvalue weighted by Crippen LogP contribution is 2.32. The van der Waals surface area contributed by atoms with Crippen LogP contribution in [0.1, 0.15) is 10.6 Å². The average Bonchev–Trinajstić information content (AvgIpc) is 3.34. The lowest BCUT2D eigenvalue weighted by Crippen LogP contribution is -2.10. The summed E-state index contributed by atoms with van der Waals surface area (Å²) in [5.41, 5.74) is 0.556. The molecule has 2 aromatic carbocycles. The van der Waals surface area contributed by atoms with E-state index in [0.717, 1.165) is 11.3 Å². The van der Waals surface area contributed by atoms with E-state index in [4.69, 9.17) is 4.42 Å². The van der Waals surface area contributed by atoms with Crippen molar-refractivity contribution in [1.82, 2.24) is 4.98 Å². The normalized spacial score (nSPS) is 10.8. The Balaban J connectivity index is 1.58. The van der Waals surface area contributed by atoms with Gasteiger partial charge >= 0.3 is 0 Å². The first-order valence-electron chi connectivity index (χ1n) is 8.12. The number of nitrogens with zero attached hydrogens (tertiary/aromatic N) is 3. The van der Waals surface area contributed by atoms with Gasteiger partial charge in [-0.05, 0) is 24.3 Å². The number of nitro groups is 2. The van der Waals surface area contributed by atoms with Crippen molar-refractivity contribution in [2.75, 3.05) is 5.32 Å². The number of non-ortho nitro benzene ring substituents is 1. The van der Waals surface area contributed by atoms with Crippen molar-refractivity contribution in [2.45, 2.75) is 0 Å². The second-order valence-corrected chi connectivity index (χ2v) is 6.85. The van der Waals surface area contributed by atoms with Crippen LogP contribution in [0.4, 0.5) is 16.5 Å². The molecule has 2 aromatic heterocycles. The lowest BCUT2D eigenvalue weighted by Gasteiger charge is -2.00. The molecule has 0 radical (unpaired) electrons. The Morgan fingerprint density at radius 1 is 1.03 bits per heavy atom. The van der Waals surface area contributed by atoms with Gasteiger partial charge in [-0.1, -0.05) is 23.5 Å². The average molecular weight is 410 g/mol. The molecular formula is C18H10N4O6S. The number of hydrogen-bond donors (Lipinski definition) is 1. The number of furan rings is 1. The van der Waals surface area contributed by atoms with Gasteiger partial charge in [0, 0.05) is 18.2 Å². The van der Waals surface area contributed by atoms with Crippen LogP contribution in [0.2, 0.25) is 0 Å². The van der Waals surface area contributed by atoms with Crippen LogP contribution in [0.5, 0.6) is 0 Å². The maximum absolute atomic E-state index is 12.4. The molecule has 0 aliphatic rings. The molecule has 0 saturated heterocycles. The standard InChI is InChI=1S/C18H10N4O6S/c23-17(20-18-19-12-6-5-10(21(24)25)9-16(12)29-18)15-8-7-14(28-15)11-3-1-2-4-13(11)22(26)27/h1-9H,(H,19,20,23). The third-order valence-corrected chi connectivity index (χ3v) is 4.93. The van der Waals surface area contributed by atoms with Crippen LogP contribution in [0.15, 0.2) is 59.0 Å². The number of nitro benzene ring substituents is 2. The van der Waals surface area contributed by atoms with Crippen molar-refractivity contribution in [1.29, 1.82) is 0 Å². The first kappa shape index (κ1) is 18.3. The number of anilines is 1. The van der Waals surface area contributed by atoms with Gasteiger partial charge in [-0.15, -0.1) is 0 Å². The summed E-state index contributed by atoms with van der Waals surface area (Å²) in [7, 11) is 0. The molecule has 0 saturated carbocycles. The molecule has 0 fully saturated rings. The molecule has 1 N–H and O–H groups in total. The summed E-state index contributed by atoms with van der Waals surface area (Å²) in [6, 6.07) is 13.1. The number of benzene rings is 2. The Kier molecular flexibility index (Phi) is 4.49. The largest absolute Gasteiger partial charge is 0.451 e. The van der Waals surface area contributed by atoms with Crippen LogP contribution in [-0.4, -0.2) is 20.7 Å². The van der Waals surface area contributed by atoms with Gasteiger partial charge in [0.15, 0.2) is 10.9 Å². The van der Waals surface area contributed by atoms with Gasteiger partial charge in [0.05, 0.1) is 25.6 Å². The topological polar surface area (TPSA) is 141 Å². The molecule has 2 heterocycles. The van der Waals surface area contributed by atoms with Crippen LogP contribution in [0.25, 0.3) is 21.5 Å². The van der Waals surface area contributed by atoms with Gasteiger partial charge in [-0.3, -0.25) is 30.3 Å². The SMILES string of the molecule is O=C(Nc1nc2ccc([N+](=O)[O-])cc2s1)c1ccc(-c2ccccc2[N+](=O)[O-])o1. The number of amides is 1. The number of carbonyl (C=O) groups excluding carboxylic acids is 1. The van der Waals surface area contributed by atoms with Crippen LogP contribution < -0.4 is 5.32 Å². The van der Waals surface area contributed by atoms with Crippen molar-refractivity contribution in [2.24, 2.45) is 0 Å². The summed E-state index contributed by atoms with van der Waals surface area (Å²) in [6.45, 7) is 0. The first-order valence-corrected chi connectivity index (χ1v) is 8.94. The maximum Gasteiger partial charge on any atom is 0.293 e. The Bertz CT molecular complexity index is 1280. The summed E-state index contributed by atoms with van der Waals surface area (Å²) in [5, 5.41) is 24.8. The quantitative estimate of drug-likeness (QED) is 0.373. The second-order valence-electron chi connectivity index (χ2n) is 5.82. The summed E-state index contributed by atoms with van der Waals surface area (Å²) in [6.07, 6.45) is 0. The van der Waals surface area contributed by atoms with Crippen LogP contribution >= 0.6 is 11.3 Å². The van der Waals surface area contributed by atoms with Gasteiger partial charge in [0.25, 0.3) is 17.3 Å². The zero-order valence-corrected chi connectivity index (χ0v) is 15.2. The molecule has 4 rings (SSSR count). The number of carbonyl (C=O) groups is 1. The second kappa shape index (κ2) is 7.13. The Morgan fingerprint density at radius 3 is 2.59 bits per heavy atom.